The van der Waals surface area contributed by atoms with Crippen LogP contribution in [0.5, 0.6) is 0 Å². The van der Waals surface area contributed by atoms with Gasteiger partial charge < -0.3 is 20.4 Å². The molecule has 1 aromatic carbocycles. The van der Waals surface area contributed by atoms with E-state index in [1.54, 1.807) is 0 Å². The third-order valence-electron chi connectivity index (χ3n) is 4.99. The molecule has 3 N–H and O–H groups in total. The van der Waals surface area contributed by atoms with Gasteiger partial charge in [0.2, 0.25) is 0 Å². The second-order valence-electron chi connectivity index (χ2n) is 7.40. The van der Waals surface area contributed by atoms with E-state index >= 15 is 0 Å². The van der Waals surface area contributed by atoms with Crippen molar-refractivity contribution in [1.29, 1.82) is 0 Å². The highest BCUT2D eigenvalue weighted by atomic mass is 19.1. The molecule has 1 aliphatic rings. The molecule has 32 heavy (non-hydrogen) atoms. The van der Waals surface area contributed by atoms with Gasteiger partial charge in [-0.05, 0) is 56.0 Å². The Morgan fingerprint density at radius 1 is 1.03 bits per heavy atom. The normalized spacial score (nSPS) is 14.3. The molecule has 0 spiro atoms. The average molecular weight is 452 g/mol. The lowest BCUT2D eigenvalue weighted by Crippen LogP contribution is -2.51. The number of allylic oxidation sites excluding steroid dienone is 2. The van der Waals surface area contributed by atoms with Crippen molar-refractivity contribution >= 4 is 23.5 Å². The van der Waals surface area contributed by atoms with Gasteiger partial charge in [-0.2, -0.15) is 0 Å². The molecule has 1 aromatic rings. The molecular formula is C23H34FN3O5. The number of carboxylic acid groups (broad SMARTS) is 2. The zero-order chi connectivity index (χ0) is 23.9. The SMILES string of the molecule is CCCC=C(CCCN1CCN(C(=O)NCC)CC1)c1ccc(F)cc1.O=C(O)C(=O)O. The summed E-state index contributed by atoms with van der Waals surface area (Å²) in [6.45, 7) is 9.28. The summed E-state index contributed by atoms with van der Waals surface area (Å²) >= 11 is 0. The third-order valence-corrected chi connectivity index (χ3v) is 4.99. The van der Waals surface area contributed by atoms with Gasteiger partial charge in [-0.25, -0.2) is 18.8 Å². The molecule has 9 heteroatoms. The fourth-order valence-electron chi connectivity index (χ4n) is 3.28. The maximum absolute atomic E-state index is 13.2. The quantitative estimate of drug-likeness (QED) is 0.523. The first-order valence-electron chi connectivity index (χ1n) is 10.9. The van der Waals surface area contributed by atoms with E-state index in [4.69, 9.17) is 19.8 Å². The summed E-state index contributed by atoms with van der Waals surface area (Å²) in [5.74, 6) is -3.83. The number of aliphatic carboxylic acids is 2. The predicted molar refractivity (Wildman–Crippen MR) is 121 cm³/mol. The summed E-state index contributed by atoms with van der Waals surface area (Å²) in [7, 11) is 0. The number of nitrogens with one attached hydrogen (secondary N) is 1. The van der Waals surface area contributed by atoms with Gasteiger partial charge in [-0.3, -0.25) is 4.90 Å². The van der Waals surface area contributed by atoms with Gasteiger partial charge in [-0.1, -0.05) is 31.6 Å². The number of hydrogen-bond donors (Lipinski definition) is 3. The number of amides is 2. The van der Waals surface area contributed by atoms with Crippen molar-refractivity contribution in [3.8, 4) is 0 Å². The second kappa shape index (κ2) is 15.0. The topological polar surface area (TPSA) is 110 Å². The molecule has 1 fully saturated rings. The van der Waals surface area contributed by atoms with Gasteiger partial charge >= 0.3 is 18.0 Å². The highest BCUT2D eigenvalue weighted by molar-refractivity contribution is 6.27. The first-order chi connectivity index (χ1) is 15.3. The Bertz CT molecular complexity index is 747. The van der Waals surface area contributed by atoms with Crippen LogP contribution in [-0.4, -0.2) is 77.3 Å². The summed E-state index contributed by atoms with van der Waals surface area (Å²) in [6, 6.07) is 6.88. The fraction of sp³-hybridized carbons (Fsp3) is 0.522. The van der Waals surface area contributed by atoms with E-state index in [0.29, 0.717) is 6.54 Å². The van der Waals surface area contributed by atoms with Crippen molar-refractivity contribution in [2.24, 2.45) is 0 Å². The Kier molecular flexibility index (Phi) is 12.7. The van der Waals surface area contributed by atoms with Gasteiger partial charge in [0.1, 0.15) is 5.82 Å². The molecule has 0 unspecified atom stereocenters. The lowest BCUT2D eigenvalue weighted by molar-refractivity contribution is -0.159. The number of unbranched alkanes of at least 4 members (excludes halogenated alkanes) is 1. The van der Waals surface area contributed by atoms with Crippen LogP contribution in [0, 0.1) is 5.82 Å². The summed E-state index contributed by atoms with van der Waals surface area (Å²) in [4.78, 5) is 34.4. The number of carbonyl (C=O) groups excluding carboxylic acids is 1. The maximum Gasteiger partial charge on any atom is 0.414 e. The molecule has 1 saturated heterocycles. The smallest absolute Gasteiger partial charge is 0.414 e. The first kappa shape index (κ1) is 27.1. The van der Waals surface area contributed by atoms with Crippen molar-refractivity contribution in [2.45, 2.75) is 39.5 Å². The Labute approximate surface area is 188 Å². The number of carboxylic acids is 2. The van der Waals surface area contributed by atoms with Crippen LogP contribution in [-0.2, 0) is 9.59 Å². The number of halogens is 1. The van der Waals surface area contributed by atoms with Gasteiger partial charge in [0.05, 0.1) is 0 Å². The monoisotopic (exact) mass is 451 g/mol. The summed E-state index contributed by atoms with van der Waals surface area (Å²) < 4.78 is 13.2. The molecule has 2 rings (SSSR count). The Morgan fingerprint density at radius 3 is 2.12 bits per heavy atom. The molecule has 0 radical (unpaired) electrons. The number of urea groups is 1. The summed E-state index contributed by atoms with van der Waals surface area (Å²) in [5.41, 5.74) is 2.44. The minimum atomic E-state index is -1.82. The molecule has 0 aromatic heterocycles. The van der Waals surface area contributed by atoms with Crippen molar-refractivity contribution in [3.05, 3.63) is 41.7 Å². The number of nitrogens with zero attached hydrogens (tertiary/aromatic N) is 2. The number of piperazine rings is 1. The van der Waals surface area contributed by atoms with Gasteiger partial charge in [0.25, 0.3) is 0 Å². The molecule has 8 nitrogen and oxygen atoms in total. The minimum Gasteiger partial charge on any atom is -0.473 e. The van der Waals surface area contributed by atoms with E-state index in [1.807, 2.05) is 24.0 Å². The van der Waals surface area contributed by atoms with E-state index < -0.39 is 11.9 Å². The molecule has 1 aliphatic heterocycles. The van der Waals surface area contributed by atoms with E-state index in [0.717, 1.165) is 64.0 Å². The standard InChI is InChI=1S/C21H32FN3O.C2H2O4/c1-3-5-7-18(19-9-11-20(22)12-10-19)8-6-13-24-14-16-25(17-15-24)21(26)23-4-2;3-1(4)2(5)6/h7,9-12H,3-6,8,13-17H2,1-2H3,(H,23,26);(H,3,4)(H,5,6). The Hall–Kier alpha value is -2.94. The van der Waals surface area contributed by atoms with Crippen molar-refractivity contribution < 1.29 is 29.0 Å². The van der Waals surface area contributed by atoms with Crippen LogP contribution in [0.25, 0.3) is 5.57 Å². The van der Waals surface area contributed by atoms with Crippen LogP contribution in [0.1, 0.15) is 45.1 Å². The highest BCUT2D eigenvalue weighted by Crippen LogP contribution is 2.22. The van der Waals surface area contributed by atoms with E-state index in [1.165, 1.54) is 17.7 Å². The lowest BCUT2D eigenvalue weighted by Gasteiger charge is -2.34. The van der Waals surface area contributed by atoms with E-state index in [9.17, 15) is 9.18 Å². The molecule has 1 heterocycles. The third kappa shape index (κ3) is 10.4. The summed E-state index contributed by atoms with van der Waals surface area (Å²) in [6.07, 6.45) is 6.54. The minimum absolute atomic E-state index is 0.0493. The molecule has 2 amide bonds. The van der Waals surface area contributed by atoms with Crippen LogP contribution >= 0.6 is 0 Å². The number of rotatable bonds is 8. The fourth-order valence-corrected chi connectivity index (χ4v) is 3.28. The Balaban J connectivity index is 0.000000751. The highest BCUT2D eigenvalue weighted by Gasteiger charge is 2.20. The van der Waals surface area contributed by atoms with Crippen LogP contribution in [0.15, 0.2) is 30.3 Å². The van der Waals surface area contributed by atoms with Crippen molar-refractivity contribution in [1.82, 2.24) is 15.1 Å². The zero-order valence-electron chi connectivity index (χ0n) is 18.8. The molecule has 0 saturated carbocycles. The second-order valence-corrected chi connectivity index (χ2v) is 7.40. The van der Waals surface area contributed by atoms with Crippen LogP contribution in [0.4, 0.5) is 9.18 Å². The van der Waals surface area contributed by atoms with E-state index in [-0.39, 0.29) is 11.8 Å². The lowest BCUT2D eigenvalue weighted by atomic mass is 9.99. The number of hydrogen-bond acceptors (Lipinski definition) is 4. The van der Waals surface area contributed by atoms with Crippen LogP contribution < -0.4 is 5.32 Å². The first-order valence-corrected chi connectivity index (χ1v) is 10.9. The number of carbonyl (C=O) groups is 3. The maximum atomic E-state index is 13.2. The van der Waals surface area contributed by atoms with Crippen molar-refractivity contribution in [3.63, 3.8) is 0 Å². The van der Waals surface area contributed by atoms with Gasteiger partial charge in [-0.15, -0.1) is 0 Å². The predicted octanol–water partition coefficient (Wildman–Crippen LogP) is 3.29. The van der Waals surface area contributed by atoms with Crippen LogP contribution in [0.3, 0.4) is 0 Å². The largest absolute Gasteiger partial charge is 0.473 e. The van der Waals surface area contributed by atoms with Gasteiger partial charge in [0, 0.05) is 32.7 Å². The van der Waals surface area contributed by atoms with Gasteiger partial charge in [0.15, 0.2) is 0 Å². The van der Waals surface area contributed by atoms with E-state index in [2.05, 4.69) is 23.2 Å². The number of benzene rings is 1. The average Bonchev–Trinajstić information content (AvgIpc) is 2.77. The van der Waals surface area contributed by atoms with Crippen molar-refractivity contribution in [2.75, 3.05) is 39.3 Å². The summed E-state index contributed by atoms with van der Waals surface area (Å²) in [5, 5.41) is 17.6. The molecule has 178 valence electrons. The molecule has 0 atom stereocenters. The molecule has 0 bridgehead atoms. The molecular weight excluding hydrogens is 417 g/mol. The van der Waals surface area contributed by atoms with Crippen LogP contribution in [0.2, 0.25) is 0 Å². The molecule has 0 aliphatic carbocycles. The Morgan fingerprint density at radius 2 is 1.62 bits per heavy atom. The zero-order valence-corrected chi connectivity index (χ0v) is 18.8.